The van der Waals surface area contributed by atoms with Crippen LogP contribution in [0.25, 0.3) is 0 Å². The third kappa shape index (κ3) is 4.52. The lowest BCUT2D eigenvalue weighted by molar-refractivity contribution is 0.421. The number of hydrogen-bond donors (Lipinski definition) is 1. The largest absolute Gasteiger partial charge is 0.385 e. The number of nitrogens with one attached hydrogen (secondary N) is 1. The van der Waals surface area contributed by atoms with Crippen molar-refractivity contribution in [3.05, 3.63) is 35.9 Å². The molecule has 0 saturated carbocycles. The molecule has 1 aliphatic rings. The first-order valence-corrected chi connectivity index (χ1v) is 8.38. The van der Waals surface area contributed by atoms with Gasteiger partial charge in [0.25, 0.3) is 0 Å². The van der Waals surface area contributed by atoms with Crippen molar-refractivity contribution < 1.29 is 0 Å². The topological polar surface area (TPSA) is 15.3 Å². The highest BCUT2D eigenvalue weighted by atomic mass is 15.1. The van der Waals surface area contributed by atoms with Gasteiger partial charge < -0.3 is 10.2 Å². The van der Waals surface area contributed by atoms with Gasteiger partial charge in [-0.2, -0.15) is 0 Å². The molecule has 2 nitrogen and oxygen atoms in total. The molecule has 0 amide bonds. The summed E-state index contributed by atoms with van der Waals surface area (Å²) < 4.78 is 0. The number of nitrogens with zero attached hydrogens (tertiary/aromatic N) is 1. The minimum atomic E-state index is 0.732. The van der Waals surface area contributed by atoms with Crippen LogP contribution in [0.2, 0.25) is 0 Å². The van der Waals surface area contributed by atoms with E-state index >= 15 is 0 Å². The Balaban J connectivity index is 1.88. The van der Waals surface area contributed by atoms with E-state index in [0.29, 0.717) is 0 Å². The molecule has 2 atom stereocenters. The van der Waals surface area contributed by atoms with E-state index in [2.05, 4.69) is 68.3 Å². The highest BCUT2D eigenvalue weighted by molar-refractivity contribution is 5.55. The van der Waals surface area contributed by atoms with Crippen molar-refractivity contribution in [3.8, 4) is 0 Å². The number of hydrogen-bond acceptors (Lipinski definition) is 2. The molecule has 0 fully saturated rings. The molecule has 2 unspecified atom stereocenters. The summed E-state index contributed by atoms with van der Waals surface area (Å²) in [6.07, 6.45) is 4.98. The maximum Gasteiger partial charge on any atom is 0.0367 e. The van der Waals surface area contributed by atoms with Crippen molar-refractivity contribution in [2.75, 3.05) is 29.9 Å². The predicted molar refractivity (Wildman–Crippen MR) is 94.1 cm³/mol. The Kier molecular flexibility index (Phi) is 5.72. The molecule has 2 heteroatoms. The summed E-state index contributed by atoms with van der Waals surface area (Å²) in [7, 11) is 0. The Morgan fingerprint density at radius 1 is 1.14 bits per heavy atom. The Morgan fingerprint density at radius 2 is 1.81 bits per heavy atom. The zero-order chi connectivity index (χ0) is 15.2. The van der Waals surface area contributed by atoms with Crippen LogP contribution in [0.15, 0.2) is 35.9 Å². The van der Waals surface area contributed by atoms with E-state index < -0.39 is 0 Å². The van der Waals surface area contributed by atoms with Gasteiger partial charge in [-0.05, 0) is 69.7 Å². The first kappa shape index (κ1) is 15.9. The van der Waals surface area contributed by atoms with E-state index in [-0.39, 0.29) is 0 Å². The lowest BCUT2D eigenvalue weighted by atomic mass is 9.84. The molecule has 0 heterocycles. The fraction of sp³-hybridized carbons (Fsp3) is 0.579. The molecular weight excluding hydrogens is 256 g/mol. The first-order chi connectivity index (χ1) is 10.1. The average molecular weight is 286 g/mol. The molecule has 0 bridgehead atoms. The van der Waals surface area contributed by atoms with Crippen molar-refractivity contribution in [1.29, 1.82) is 0 Å². The lowest BCUT2D eigenvalue weighted by Crippen LogP contribution is -2.22. The zero-order valence-electron chi connectivity index (χ0n) is 14.0. The quantitative estimate of drug-likeness (QED) is 0.745. The minimum absolute atomic E-state index is 0.732. The van der Waals surface area contributed by atoms with Crippen molar-refractivity contribution >= 4 is 11.4 Å². The minimum Gasteiger partial charge on any atom is -0.385 e. The Morgan fingerprint density at radius 3 is 2.38 bits per heavy atom. The molecule has 0 radical (unpaired) electrons. The fourth-order valence-electron chi connectivity index (χ4n) is 3.48. The first-order valence-electron chi connectivity index (χ1n) is 8.38. The smallest absolute Gasteiger partial charge is 0.0367 e. The van der Waals surface area contributed by atoms with Crippen LogP contribution in [0.1, 0.15) is 40.5 Å². The van der Waals surface area contributed by atoms with E-state index in [0.717, 1.165) is 31.5 Å². The second-order valence-electron chi connectivity index (χ2n) is 6.40. The van der Waals surface area contributed by atoms with E-state index in [1.54, 1.807) is 5.57 Å². The summed E-state index contributed by atoms with van der Waals surface area (Å²) in [6, 6.07) is 8.87. The number of anilines is 2. The molecule has 0 aromatic heterocycles. The van der Waals surface area contributed by atoms with Gasteiger partial charge in [-0.15, -0.1) is 0 Å². The van der Waals surface area contributed by atoms with Gasteiger partial charge in [0.1, 0.15) is 0 Å². The van der Waals surface area contributed by atoms with Crippen LogP contribution in [0.3, 0.4) is 0 Å². The van der Waals surface area contributed by atoms with Crippen molar-refractivity contribution in [2.45, 2.75) is 40.5 Å². The SMILES string of the molecule is CCN(CC)c1ccc(NCC2CC(C)=CC(C)C2)cc1. The van der Waals surface area contributed by atoms with Gasteiger partial charge in [-0.3, -0.25) is 0 Å². The molecule has 21 heavy (non-hydrogen) atoms. The summed E-state index contributed by atoms with van der Waals surface area (Å²) in [5.41, 5.74) is 4.11. The molecule has 1 aliphatic carbocycles. The van der Waals surface area contributed by atoms with Gasteiger partial charge in [-0.25, -0.2) is 0 Å². The van der Waals surface area contributed by atoms with Crippen LogP contribution in [0, 0.1) is 11.8 Å². The molecule has 116 valence electrons. The average Bonchev–Trinajstić information content (AvgIpc) is 2.47. The van der Waals surface area contributed by atoms with E-state index in [4.69, 9.17) is 0 Å². The van der Waals surface area contributed by atoms with Crippen LogP contribution in [0.5, 0.6) is 0 Å². The summed E-state index contributed by atoms with van der Waals surface area (Å²) in [6.45, 7) is 12.2. The normalized spacial score (nSPS) is 21.8. The van der Waals surface area contributed by atoms with Crippen molar-refractivity contribution in [1.82, 2.24) is 0 Å². The number of benzene rings is 1. The standard InChI is InChI=1S/C19H30N2/c1-5-21(6-2)19-9-7-18(8-10-19)20-14-17-12-15(3)11-16(4)13-17/h7-11,15,17,20H,5-6,12-14H2,1-4H3. The van der Waals surface area contributed by atoms with Crippen LogP contribution < -0.4 is 10.2 Å². The van der Waals surface area contributed by atoms with Gasteiger partial charge >= 0.3 is 0 Å². The third-order valence-electron chi connectivity index (χ3n) is 4.48. The Labute approximate surface area is 130 Å². The Hall–Kier alpha value is -1.44. The monoisotopic (exact) mass is 286 g/mol. The highest BCUT2D eigenvalue weighted by Gasteiger charge is 2.17. The van der Waals surface area contributed by atoms with Crippen molar-refractivity contribution in [3.63, 3.8) is 0 Å². The molecule has 0 aliphatic heterocycles. The highest BCUT2D eigenvalue weighted by Crippen LogP contribution is 2.28. The maximum absolute atomic E-state index is 3.61. The van der Waals surface area contributed by atoms with Gasteiger partial charge in [0.2, 0.25) is 0 Å². The van der Waals surface area contributed by atoms with Gasteiger partial charge in [0, 0.05) is 31.0 Å². The van der Waals surface area contributed by atoms with E-state index in [1.165, 1.54) is 24.2 Å². The summed E-state index contributed by atoms with van der Waals surface area (Å²) in [5.74, 6) is 1.50. The maximum atomic E-state index is 3.61. The molecule has 0 spiro atoms. The van der Waals surface area contributed by atoms with E-state index in [1.807, 2.05) is 0 Å². The van der Waals surface area contributed by atoms with Crippen LogP contribution >= 0.6 is 0 Å². The lowest BCUT2D eigenvalue weighted by Gasteiger charge is -2.26. The molecule has 1 aromatic rings. The van der Waals surface area contributed by atoms with Crippen LogP contribution in [-0.2, 0) is 0 Å². The fourth-order valence-corrected chi connectivity index (χ4v) is 3.48. The third-order valence-corrected chi connectivity index (χ3v) is 4.48. The summed E-state index contributed by atoms with van der Waals surface area (Å²) in [5, 5.41) is 3.61. The van der Waals surface area contributed by atoms with Gasteiger partial charge in [0.05, 0.1) is 0 Å². The van der Waals surface area contributed by atoms with Crippen molar-refractivity contribution in [2.24, 2.45) is 11.8 Å². The summed E-state index contributed by atoms with van der Waals surface area (Å²) >= 11 is 0. The van der Waals surface area contributed by atoms with Crippen LogP contribution in [0.4, 0.5) is 11.4 Å². The number of allylic oxidation sites excluding steroid dienone is 2. The van der Waals surface area contributed by atoms with Gasteiger partial charge in [0.15, 0.2) is 0 Å². The molecule has 2 rings (SSSR count). The Bertz CT molecular complexity index is 457. The molecule has 1 N–H and O–H groups in total. The summed E-state index contributed by atoms with van der Waals surface area (Å²) in [4.78, 5) is 2.38. The second-order valence-corrected chi connectivity index (χ2v) is 6.40. The molecular formula is C19H30N2. The van der Waals surface area contributed by atoms with Crippen LogP contribution in [-0.4, -0.2) is 19.6 Å². The number of rotatable bonds is 6. The zero-order valence-corrected chi connectivity index (χ0v) is 14.0. The van der Waals surface area contributed by atoms with E-state index in [9.17, 15) is 0 Å². The molecule has 0 saturated heterocycles. The second kappa shape index (κ2) is 7.53. The predicted octanol–water partition coefficient (Wildman–Crippen LogP) is 4.94. The molecule has 1 aromatic carbocycles. The van der Waals surface area contributed by atoms with Gasteiger partial charge in [-0.1, -0.05) is 18.6 Å².